The largest absolute Gasteiger partial charge is 0.307 e. The summed E-state index contributed by atoms with van der Waals surface area (Å²) in [6, 6.07) is 10.7. The van der Waals surface area contributed by atoms with Gasteiger partial charge in [-0.05, 0) is 74.0 Å². The molecule has 4 fully saturated rings. The number of para-hydroxylation sites is 1. The summed E-state index contributed by atoms with van der Waals surface area (Å²) in [5, 5.41) is 5.23. The number of benzene rings is 1. The molecule has 0 radical (unpaired) electrons. The molecule has 22 heavy (non-hydrogen) atoms. The Labute approximate surface area is 132 Å². The molecule has 0 saturated heterocycles. The molecule has 1 heterocycles. The van der Waals surface area contributed by atoms with E-state index in [0.29, 0.717) is 5.54 Å². The van der Waals surface area contributed by atoms with Crippen LogP contribution in [0.5, 0.6) is 0 Å². The van der Waals surface area contributed by atoms with Gasteiger partial charge < -0.3 is 5.32 Å². The van der Waals surface area contributed by atoms with Crippen LogP contribution < -0.4 is 5.32 Å². The quantitative estimate of drug-likeness (QED) is 0.912. The van der Waals surface area contributed by atoms with Crippen molar-refractivity contribution in [3.8, 4) is 0 Å². The van der Waals surface area contributed by atoms with Crippen LogP contribution in [-0.4, -0.2) is 10.5 Å². The highest BCUT2D eigenvalue weighted by molar-refractivity contribution is 5.78. The highest BCUT2D eigenvalue weighted by atomic mass is 15.0. The van der Waals surface area contributed by atoms with Gasteiger partial charge in [-0.1, -0.05) is 18.2 Å². The summed E-state index contributed by atoms with van der Waals surface area (Å²) in [6.07, 6.45) is 10.8. The number of aromatic nitrogens is 1. The average molecular weight is 292 g/mol. The number of hydrogen-bond acceptors (Lipinski definition) is 2. The molecule has 6 rings (SSSR count). The van der Waals surface area contributed by atoms with Crippen molar-refractivity contribution >= 4 is 10.9 Å². The van der Waals surface area contributed by atoms with E-state index in [0.717, 1.165) is 29.8 Å². The molecule has 0 atom stereocenters. The molecule has 4 aliphatic carbocycles. The number of nitrogens with zero attached hydrogens (tertiary/aromatic N) is 1. The number of rotatable bonds is 3. The number of fused-ring (bicyclic) bond motifs is 1. The molecule has 0 unspecified atom stereocenters. The maximum Gasteiger partial charge on any atom is 0.0702 e. The van der Waals surface area contributed by atoms with Crippen molar-refractivity contribution in [1.29, 1.82) is 0 Å². The Morgan fingerprint density at radius 3 is 2.41 bits per heavy atom. The molecule has 4 aliphatic rings. The summed E-state index contributed by atoms with van der Waals surface area (Å²) in [5.41, 5.74) is 2.87. The van der Waals surface area contributed by atoms with E-state index >= 15 is 0 Å². The van der Waals surface area contributed by atoms with Gasteiger partial charge in [0.05, 0.1) is 5.52 Å². The molecule has 1 aromatic heterocycles. The minimum atomic E-state index is 0.445. The van der Waals surface area contributed by atoms with Crippen molar-refractivity contribution < 1.29 is 0 Å². The molecule has 2 nitrogen and oxygen atoms in total. The molecule has 0 amide bonds. The fraction of sp³-hybridized carbons (Fsp3) is 0.550. The molecule has 4 bridgehead atoms. The maximum absolute atomic E-state index is 4.61. The SMILES string of the molecule is c1ccc2ncc(CNC34CC5CC(CC(C5)C3)C4)cc2c1. The molecule has 2 aromatic rings. The first kappa shape index (κ1) is 13.1. The molecule has 1 aromatic carbocycles. The molecule has 114 valence electrons. The predicted molar refractivity (Wildman–Crippen MR) is 89.5 cm³/mol. The van der Waals surface area contributed by atoms with Gasteiger partial charge in [0.25, 0.3) is 0 Å². The van der Waals surface area contributed by atoms with Crippen LogP contribution in [0, 0.1) is 17.8 Å². The van der Waals surface area contributed by atoms with Crippen LogP contribution in [0.3, 0.4) is 0 Å². The van der Waals surface area contributed by atoms with Gasteiger partial charge in [0.15, 0.2) is 0 Å². The van der Waals surface area contributed by atoms with E-state index in [2.05, 4.69) is 46.8 Å². The summed E-state index contributed by atoms with van der Waals surface area (Å²) in [5.74, 6) is 3.02. The highest BCUT2D eigenvalue weighted by Gasteiger charge is 2.50. The van der Waals surface area contributed by atoms with Crippen molar-refractivity contribution in [2.75, 3.05) is 0 Å². The van der Waals surface area contributed by atoms with Crippen LogP contribution in [-0.2, 0) is 6.54 Å². The van der Waals surface area contributed by atoms with E-state index in [1.54, 1.807) is 0 Å². The lowest BCUT2D eigenvalue weighted by Gasteiger charge is -2.57. The molecule has 0 aliphatic heterocycles. The summed E-state index contributed by atoms with van der Waals surface area (Å²) in [4.78, 5) is 4.61. The van der Waals surface area contributed by atoms with E-state index in [-0.39, 0.29) is 0 Å². The monoisotopic (exact) mass is 292 g/mol. The van der Waals surface area contributed by atoms with Crippen LogP contribution in [0.1, 0.15) is 44.1 Å². The second-order valence-corrected chi connectivity index (χ2v) is 8.09. The summed E-state index contributed by atoms with van der Waals surface area (Å²) >= 11 is 0. The zero-order valence-electron chi connectivity index (χ0n) is 13.1. The third-order valence-electron chi connectivity index (χ3n) is 6.35. The number of hydrogen-bond donors (Lipinski definition) is 1. The van der Waals surface area contributed by atoms with E-state index in [4.69, 9.17) is 0 Å². The van der Waals surface area contributed by atoms with Gasteiger partial charge in [-0.2, -0.15) is 0 Å². The van der Waals surface area contributed by atoms with Gasteiger partial charge in [0.2, 0.25) is 0 Å². The number of nitrogens with one attached hydrogen (secondary N) is 1. The van der Waals surface area contributed by atoms with E-state index in [1.165, 1.54) is 49.5 Å². The Kier molecular flexibility index (Phi) is 2.85. The van der Waals surface area contributed by atoms with Crippen LogP contribution in [0.25, 0.3) is 10.9 Å². The van der Waals surface area contributed by atoms with E-state index in [1.807, 2.05) is 0 Å². The maximum atomic E-state index is 4.61. The van der Waals surface area contributed by atoms with Crippen molar-refractivity contribution in [2.24, 2.45) is 17.8 Å². The Morgan fingerprint density at radius 1 is 1.00 bits per heavy atom. The minimum Gasteiger partial charge on any atom is -0.307 e. The van der Waals surface area contributed by atoms with Crippen molar-refractivity contribution in [2.45, 2.75) is 50.6 Å². The minimum absolute atomic E-state index is 0.445. The second-order valence-electron chi connectivity index (χ2n) is 8.09. The predicted octanol–water partition coefficient (Wildman–Crippen LogP) is 4.29. The van der Waals surface area contributed by atoms with Gasteiger partial charge in [-0.3, -0.25) is 4.98 Å². The Bertz CT molecular complexity index is 670. The van der Waals surface area contributed by atoms with Crippen LogP contribution in [0.4, 0.5) is 0 Å². The first-order valence-electron chi connectivity index (χ1n) is 8.87. The molecular weight excluding hydrogens is 268 g/mol. The molecule has 2 heteroatoms. The third kappa shape index (κ3) is 2.16. The Hall–Kier alpha value is -1.41. The first-order chi connectivity index (χ1) is 10.8. The normalized spacial score (nSPS) is 36.1. The third-order valence-corrected chi connectivity index (χ3v) is 6.35. The fourth-order valence-corrected chi connectivity index (χ4v) is 5.83. The van der Waals surface area contributed by atoms with E-state index < -0.39 is 0 Å². The van der Waals surface area contributed by atoms with Crippen molar-refractivity contribution in [3.05, 3.63) is 42.1 Å². The molecule has 1 N–H and O–H groups in total. The lowest BCUT2D eigenvalue weighted by atomic mass is 9.53. The zero-order chi connectivity index (χ0) is 14.6. The Balaban J connectivity index is 1.35. The lowest BCUT2D eigenvalue weighted by molar-refractivity contribution is -0.0206. The van der Waals surface area contributed by atoms with Crippen molar-refractivity contribution in [1.82, 2.24) is 10.3 Å². The smallest absolute Gasteiger partial charge is 0.0702 e. The molecule has 4 saturated carbocycles. The second kappa shape index (κ2) is 4.79. The van der Waals surface area contributed by atoms with Crippen LogP contribution in [0.15, 0.2) is 36.5 Å². The molecule has 0 spiro atoms. The van der Waals surface area contributed by atoms with Gasteiger partial charge in [0.1, 0.15) is 0 Å². The zero-order valence-corrected chi connectivity index (χ0v) is 13.1. The standard InChI is InChI=1S/C20H24N2/c1-2-4-19-18(3-1)8-17(12-21-19)13-22-20-9-14-5-15(10-20)7-16(6-14)11-20/h1-4,8,12,14-16,22H,5-7,9-11,13H2. The van der Waals surface area contributed by atoms with E-state index in [9.17, 15) is 0 Å². The topological polar surface area (TPSA) is 24.9 Å². The number of pyridine rings is 1. The van der Waals surface area contributed by atoms with Crippen molar-refractivity contribution in [3.63, 3.8) is 0 Å². The molecular formula is C20H24N2. The van der Waals surface area contributed by atoms with Gasteiger partial charge in [-0.25, -0.2) is 0 Å². The van der Waals surface area contributed by atoms with Gasteiger partial charge >= 0.3 is 0 Å². The van der Waals surface area contributed by atoms with Gasteiger partial charge in [-0.15, -0.1) is 0 Å². The summed E-state index contributed by atoms with van der Waals surface area (Å²) in [7, 11) is 0. The van der Waals surface area contributed by atoms with Crippen LogP contribution in [0.2, 0.25) is 0 Å². The fourth-order valence-electron chi connectivity index (χ4n) is 5.83. The summed E-state index contributed by atoms with van der Waals surface area (Å²) < 4.78 is 0. The average Bonchev–Trinajstić information content (AvgIpc) is 2.52. The summed E-state index contributed by atoms with van der Waals surface area (Å²) in [6.45, 7) is 0.976. The van der Waals surface area contributed by atoms with Gasteiger partial charge in [0, 0.05) is 23.7 Å². The van der Waals surface area contributed by atoms with Crippen LogP contribution >= 0.6 is 0 Å². The Morgan fingerprint density at radius 2 is 1.68 bits per heavy atom. The highest BCUT2D eigenvalue weighted by Crippen LogP contribution is 2.55. The lowest BCUT2D eigenvalue weighted by Crippen LogP contribution is -2.58. The first-order valence-corrected chi connectivity index (χ1v) is 8.87.